The van der Waals surface area contributed by atoms with Crippen LogP contribution in [0.4, 0.5) is 0 Å². The first-order chi connectivity index (χ1) is 9.25. The summed E-state index contributed by atoms with van der Waals surface area (Å²) in [5.41, 5.74) is -0.0108. The van der Waals surface area contributed by atoms with Crippen molar-refractivity contribution in [2.75, 3.05) is 0 Å². The molecule has 0 radical (unpaired) electrons. The van der Waals surface area contributed by atoms with Gasteiger partial charge >= 0.3 is 11.4 Å². The third kappa shape index (κ3) is 2.08. The Bertz CT molecular complexity index is 815. The van der Waals surface area contributed by atoms with Crippen LogP contribution in [-0.2, 0) is 13.1 Å². The number of benzene rings is 1. The molecular weight excluding hydrogens is 246 g/mol. The van der Waals surface area contributed by atoms with Crippen LogP contribution >= 0.6 is 0 Å². The maximum absolute atomic E-state index is 11.8. The summed E-state index contributed by atoms with van der Waals surface area (Å²) in [6, 6.07) is 6.91. The van der Waals surface area contributed by atoms with Crippen molar-refractivity contribution in [2.24, 2.45) is 0 Å². The number of aryl methyl sites for hydroxylation is 2. The molecule has 19 heavy (non-hydrogen) atoms. The van der Waals surface area contributed by atoms with E-state index in [4.69, 9.17) is 4.42 Å². The molecule has 0 fully saturated rings. The van der Waals surface area contributed by atoms with Crippen molar-refractivity contribution in [3.8, 4) is 0 Å². The van der Waals surface area contributed by atoms with Crippen LogP contribution in [0.15, 0.2) is 57.0 Å². The van der Waals surface area contributed by atoms with E-state index in [0.717, 1.165) is 0 Å². The number of rotatable bonds is 3. The molecule has 0 atom stereocenters. The predicted octanol–water partition coefficient (Wildman–Crippen LogP) is 0.851. The minimum absolute atomic E-state index is 0.410. The largest absolute Gasteiger partial charge is 0.422 e. The highest BCUT2D eigenvalue weighted by atomic mass is 16.4. The standard InChI is InChI=1S/C13H11N3O3/c17-12-10-3-1-2-4-11(10)16(13(18)19-12)8-7-15-6-5-14-9-15/h1-6,9H,7-8H2. The molecule has 3 aromatic rings. The van der Waals surface area contributed by atoms with Crippen molar-refractivity contribution in [2.45, 2.75) is 13.1 Å². The van der Waals surface area contributed by atoms with E-state index in [0.29, 0.717) is 24.0 Å². The van der Waals surface area contributed by atoms with Gasteiger partial charge < -0.3 is 8.98 Å². The average molecular weight is 257 g/mol. The molecule has 0 aliphatic carbocycles. The normalized spacial score (nSPS) is 10.9. The average Bonchev–Trinajstić information content (AvgIpc) is 2.92. The lowest BCUT2D eigenvalue weighted by Crippen LogP contribution is -2.26. The van der Waals surface area contributed by atoms with Crippen LogP contribution in [0.3, 0.4) is 0 Å². The molecular formula is C13H11N3O3. The molecule has 0 N–H and O–H groups in total. The molecule has 0 unspecified atom stereocenters. The second-order valence-corrected chi connectivity index (χ2v) is 4.12. The first-order valence-electron chi connectivity index (χ1n) is 5.84. The Morgan fingerprint density at radius 3 is 2.79 bits per heavy atom. The van der Waals surface area contributed by atoms with Gasteiger partial charge in [-0.25, -0.2) is 14.6 Å². The van der Waals surface area contributed by atoms with Crippen LogP contribution in [0.5, 0.6) is 0 Å². The number of hydrogen-bond acceptors (Lipinski definition) is 4. The van der Waals surface area contributed by atoms with Gasteiger partial charge in [0.05, 0.1) is 17.2 Å². The van der Waals surface area contributed by atoms with Gasteiger partial charge in [-0.1, -0.05) is 12.1 Å². The third-order valence-corrected chi connectivity index (χ3v) is 2.96. The Hall–Kier alpha value is -2.63. The smallest absolute Gasteiger partial charge is 0.372 e. The van der Waals surface area contributed by atoms with E-state index in [-0.39, 0.29) is 0 Å². The highest BCUT2D eigenvalue weighted by molar-refractivity contribution is 5.77. The van der Waals surface area contributed by atoms with Gasteiger partial charge in [-0.05, 0) is 12.1 Å². The van der Waals surface area contributed by atoms with E-state index in [1.54, 1.807) is 36.8 Å². The quantitative estimate of drug-likeness (QED) is 0.697. The van der Waals surface area contributed by atoms with E-state index >= 15 is 0 Å². The van der Waals surface area contributed by atoms with E-state index < -0.39 is 11.4 Å². The fourth-order valence-electron chi connectivity index (χ4n) is 2.02. The fraction of sp³-hybridized carbons (Fsp3) is 0.154. The van der Waals surface area contributed by atoms with E-state index in [9.17, 15) is 9.59 Å². The van der Waals surface area contributed by atoms with Gasteiger partial charge in [0.2, 0.25) is 0 Å². The number of para-hydroxylation sites is 1. The zero-order valence-electron chi connectivity index (χ0n) is 10.0. The van der Waals surface area contributed by atoms with Gasteiger partial charge in [0.15, 0.2) is 0 Å². The molecule has 2 heterocycles. The summed E-state index contributed by atoms with van der Waals surface area (Å²) in [6.45, 7) is 0.997. The van der Waals surface area contributed by atoms with Crippen molar-refractivity contribution in [1.29, 1.82) is 0 Å². The van der Waals surface area contributed by atoms with Gasteiger partial charge in [-0.3, -0.25) is 4.57 Å². The third-order valence-electron chi connectivity index (χ3n) is 2.96. The van der Waals surface area contributed by atoms with Crippen LogP contribution in [0.1, 0.15) is 0 Å². The second kappa shape index (κ2) is 4.56. The molecule has 96 valence electrons. The molecule has 0 spiro atoms. The first-order valence-corrected chi connectivity index (χ1v) is 5.84. The van der Waals surface area contributed by atoms with Crippen molar-refractivity contribution < 1.29 is 4.42 Å². The molecule has 0 bridgehead atoms. The SMILES string of the molecule is O=c1oc(=O)n(CCn2ccnc2)c2ccccc12. The summed E-state index contributed by atoms with van der Waals surface area (Å²) < 4.78 is 8.03. The van der Waals surface area contributed by atoms with E-state index in [1.165, 1.54) is 4.57 Å². The van der Waals surface area contributed by atoms with Crippen LogP contribution in [0.25, 0.3) is 10.9 Å². The summed E-state index contributed by atoms with van der Waals surface area (Å²) in [6.07, 6.45) is 5.16. The van der Waals surface area contributed by atoms with E-state index in [1.807, 2.05) is 10.8 Å². The Morgan fingerprint density at radius 1 is 1.16 bits per heavy atom. The second-order valence-electron chi connectivity index (χ2n) is 4.12. The minimum Gasteiger partial charge on any atom is -0.372 e. The first kappa shape index (κ1) is 11.5. The van der Waals surface area contributed by atoms with Crippen molar-refractivity contribution in [3.63, 3.8) is 0 Å². The maximum atomic E-state index is 11.8. The topological polar surface area (TPSA) is 70.0 Å². The molecule has 6 nitrogen and oxygen atoms in total. The Balaban J connectivity index is 2.07. The van der Waals surface area contributed by atoms with Crippen molar-refractivity contribution in [3.05, 3.63) is 64.0 Å². The molecule has 1 aromatic carbocycles. The van der Waals surface area contributed by atoms with Gasteiger partial charge in [0.1, 0.15) is 0 Å². The van der Waals surface area contributed by atoms with Crippen molar-refractivity contribution >= 4 is 10.9 Å². The van der Waals surface area contributed by atoms with Crippen LogP contribution in [-0.4, -0.2) is 14.1 Å². The highest BCUT2D eigenvalue weighted by Gasteiger charge is 2.08. The number of fused-ring (bicyclic) bond motifs is 1. The monoisotopic (exact) mass is 257 g/mol. The number of nitrogens with zero attached hydrogens (tertiary/aromatic N) is 3. The number of imidazole rings is 1. The summed E-state index contributed by atoms with van der Waals surface area (Å²) in [7, 11) is 0. The lowest BCUT2D eigenvalue weighted by atomic mass is 10.2. The highest BCUT2D eigenvalue weighted by Crippen LogP contribution is 2.07. The Kier molecular flexibility index (Phi) is 2.75. The number of aromatic nitrogens is 3. The Morgan fingerprint density at radius 2 is 2.00 bits per heavy atom. The minimum atomic E-state index is -0.635. The lowest BCUT2D eigenvalue weighted by molar-refractivity contribution is 0.406. The fourth-order valence-corrected chi connectivity index (χ4v) is 2.02. The maximum Gasteiger partial charge on any atom is 0.422 e. The van der Waals surface area contributed by atoms with Crippen LogP contribution in [0, 0.1) is 0 Å². The van der Waals surface area contributed by atoms with Gasteiger partial charge in [-0.2, -0.15) is 0 Å². The molecule has 0 saturated heterocycles. The predicted molar refractivity (Wildman–Crippen MR) is 69.0 cm³/mol. The van der Waals surface area contributed by atoms with Gasteiger partial charge in [0, 0.05) is 25.5 Å². The molecule has 6 heteroatoms. The number of hydrogen-bond donors (Lipinski definition) is 0. The Labute approximate surface area is 107 Å². The van der Waals surface area contributed by atoms with Gasteiger partial charge in [0.25, 0.3) is 0 Å². The van der Waals surface area contributed by atoms with E-state index in [2.05, 4.69) is 4.98 Å². The molecule has 2 aromatic heterocycles. The van der Waals surface area contributed by atoms with Crippen LogP contribution in [0.2, 0.25) is 0 Å². The molecule has 3 rings (SSSR count). The lowest BCUT2D eigenvalue weighted by Gasteiger charge is -2.08. The summed E-state index contributed by atoms with van der Waals surface area (Å²) in [5.74, 6) is -0.635. The zero-order chi connectivity index (χ0) is 13.2. The van der Waals surface area contributed by atoms with Crippen LogP contribution < -0.4 is 11.4 Å². The zero-order valence-corrected chi connectivity index (χ0v) is 10.0. The summed E-state index contributed by atoms with van der Waals surface area (Å²) >= 11 is 0. The van der Waals surface area contributed by atoms with Crippen molar-refractivity contribution in [1.82, 2.24) is 14.1 Å². The van der Waals surface area contributed by atoms with Gasteiger partial charge in [-0.15, -0.1) is 0 Å². The molecule has 0 aliphatic rings. The molecule has 0 amide bonds. The summed E-state index contributed by atoms with van der Waals surface area (Å²) in [4.78, 5) is 27.3. The molecule has 0 aliphatic heterocycles. The molecule has 0 saturated carbocycles. The summed E-state index contributed by atoms with van der Waals surface area (Å²) in [5, 5.41) is 0.410.